The number of amides is 1. The molecule has 0 saturated carbocycles. The van der Waals surface area contributed by atoms with E-state index in [1.54, 1.807) is 23.9 Å². The number of aromatic nitrogens is 2. The lowest BCUT2D eigenvalue weighted by Crippen LogP contribution is -2.18. The molecule has 0 radical (unpaired) electrons. The molecule has 3 aromatic rings. The van der Waals surface area contributed by atoms with Gasteiger partial charge in [0.05, 0.1) is 12.1 Å². The van der Waals surface area contributed by atoms with Gasteiger partial charge in [-0.2, -0.15) is 0 Å². The van der Waals surface area contributed by atoms with Gasteiger partial charge in [-0.3, -0.25) is 9.59 Å². The van der Waals surface area contributed by atoms with Crippen molar-refractivity contribution in [1.29, 1.82) is 0 Å². The van der Waals surface area contributed by atoms with Crippen molar-refractivity contribution in [3.63, 3.8) is 0 Å². The molecule has 2 aromatic heterocycles. The summed E-state index contributed by atoms with van der Waals surface area (Å²) in [7, 11) is 1.80. The summed E-state index contributed by atoms with van der Waals surface area (Å²) in [5, 5.41) is 2.79. The molecule has 1 N–H and O–H groups in total. The van der Waals surface area contributed by atoms with Crippen LogP contribution in [0.1, 0.15) is 32.9 Å². The Bertz CT molecular complexity index is 956. The molecule has 0 aliphatic rings. The molecule has 0 saturated heterocycles. The van der Waals surface area contributed by atoms with Crippen LogP contribution in [0.5, 0.6) is 0 Å². The summed E-state index contributed by atoms with van der Waals surface area (Å²) in [6.45, 7) is 3.92. The Balaban J connectivity index is 1.73. The van der Waals surface area contributed by atoms with Crippen LogP contribution in [0.25, 0.3) is 0 Å². The molecule has 1 amide bonds. The molecule has 5 nitrogen and oxygen atoms in total. The molecule has 0 fully saturated rings. The van der Waals surface area contributed by atoms with Gasteiger partial charge in [-0.25, -0.2) is 4.98 Å². The lowest BCUT2D eigenvalue weighted by atomic mass is 10.1. The van der Waals surface area contributed by atoms with E-state index in [-0.39, 0.29) is 18.1 Å². The van der Waals surface area contributed by atoms with Gasteiger partial charge in [0.15, 0.2) is 0 Å². The Hall–Kier alpha value is -3.21. The molecule has 3 rings (SSSR count). The molecule has 0 unspecified atom stereocenters. The maximum absolute atomic E-state index is 12.7. The third kappa shape index (κ3) is 3.88. The van der Waals surface area contributed by atoms with Gasteiger partial charge >= 0.3 is 0 Å². The van der Waals surface area contributed by atoms with Gasteiger partial charge in [-0.1, -0.05) is 29.8 Å². The summed E-state index contributed by atoms with van der Waals surface area (Å²) in [4.78, 5) is 29.1. The minimum absolute atomic E-state index is 0.0560. The van der Waals surface area contributed by atoms with Crippen LogP contribution >= 0.6 is 0 Å². The van der Waals surface area contributed by atoms with Crippen LogP contribution < -0.4 is 5.32 Å². The van der Waals surface area contributed by atoms with Gasteiger partial charge in [0.25, 0.3) is 0 Å². The highest BCUT2D eigenvalue weighted by molar-refractivity contribution is 6.08. The van der Waals surface area contributed by atoms with E-state index in [4.69, 9.17) is 0 Å². The van der Waals surface area contributed by atoms with Gasteiger partial charge in [0.2, 0.25) is 11.7 Å². The van der Waals surface area contributed by atoms with E-state index in [0.29, 0.717) is 17.1 Å². The van der Waals surface area contributed by atoms with Crippen molar-refractivity contribution in [3.8, 4) is 0 Å². The average Bonchev–Trinajstić information content (AvgIpc) is 2.95. The molecule has 0 aliphatic heterocycles. The fourth-order valence-corrected chi connectivity index (χ4v) is 2.77. The zero-order valence-corrected chi connectivity index (χ0v) is 15.1. The first-order valence-corrected chi connectivity index (χ1v) is 8.42. The monoisotopic (exact) mass is 347 g/mol. The van der Waals surface area contributed by atoms with E-state index < -0.39 is 0 Å². The number of hydrogen-bond acceptors (Lipinski definition) is 3. The molecule has 5 heteroatoms. The number of carbonyl (C=O) groups excluding carboxylic acids is 2. The van der Waals surface area contributed by atoms with Crippen LogP contribution in [0.3, 0.4) is 0 Å². The minimum Gasteiger partial charge on any atom is -0.344 e. The Morgan fingerprint density at radius 2 is 1.73 bits per heavy atom. The highest BCUT2D eigenvalue weighted by Crippen LogP contribution is 2.15. The smallest absolute Gasteiger partial charge is 0.231 e. The van der Waals surface area contributed by atoms with Gasteiger partial charge < -0.3 is 9.88 Å². The predicted molar refractivity (Wildman–Crippen MR) is 101 cm³/mol. The SMILES string of the molecule is Cc1ccc(C(=O)c2ccc(CC(=O)Nc3cc(C)ccn3)n2C)cc1. The average molecular weight is 347 g/mol. The van der Waals surface area contributed by atoms with Gasteiger partial charge in [0, 0.05) is 24.5 Å². The topological polar surface area (TPSA) is 64.0 Å². The Morgan fingerprint density at radius 3 is 2.42 bits per heavy atom. The van der Waals surface area contributed by atoms with Crippen LogP contribution in [0.15, 0.2) is 54.7 Å². The summed E-state index contributed by atoms with van der Waals surface area (Å²) in [6, 6.07) is 14.7. The van der Waals surface area contributed by atoms with Crippen LogP contribution in [0.2, 0.25) is 0 Å². The zero-order valence-electron chi connectivity index (χ0n) is 15.1. The molecule has 0 spiro atoms. The number of nitrogens with zero attached hydrogens (tertiary/aromatic N) is 2. The number of rotatable bonds is 5. The Morgan fingerprint density at radius 1 is 1.00 bits per heavy atom. The molecule has 2 heterocycles. The number of hydrogen-bond donors (Lipinski definition) is 1. The maximum Gasteiger partial charge on any atom is 0.231 e. The molecule has 26 heavy (non-hydrogen) atoms. The fraction of sp³-hybridized carbons (Fsp3) is 0.190. The van der Waals surface area contributed by atoms with Crippen LogP contribution in [-0.4, -0.2) is 21.2 Å². The number of ketones is 1. The van der Waals surface area contributed by atoms with Crippen LogP contribution in [0, 0.1) is 13.8 Å². The predicted octanol–water partition coefficient (Wildman–Crippen LogP) is 3.45. The number of benzene rings is 1. The number of aryl methyl sites for hydroxylation is 2. The van der Waals surface area contributed by atoms with Gasteiger partial charge in [0.1, 0.15) is 5.82 Å². The summed E-state index contributed by atoms with van der Waals surface area (Å²) in [6.07, 6.45) is 1.83. The molecule has 0 aliphatic carbocycles. The quantitative estimate of drug-likeness (QED) is 0.719. The highest BCUT2D eigenvalue weighted by Gasteiger charge is 2.16. The van der Waals surface area contributed by atoms with Crippen LogP contribution in [0.4, 0.5) is 5.82 Å². The molecular weight excluding hydrogens is 326 g/mol. The van der Waals surface area contributed by atoms with E-state index in [2.05, 4.69) is 10.3 Å². The number of pyridine rings is 1. The summed E-state index contributed by atoms with van der Waals surface area (Å²) in [5.74, 6) is 0.304. The van der Waals surface area contributed by atoms with E-state index in [1.807, 2.05) is 56.3 Å². The summed E-state index contributed by atoms with van der Waals surface area (Å²) >= 11 is 0. The second kappa shape index (κ2) is 7.35. The largest absolute Gasteiger partial charge is 0.344 e. The first kappa shape index (κ1) is 17.6. The second-order valence-electron chi connectivity index (χ2n) is 6.41. The zero-order chi connectivity index (χ0) is 18.7. The minimum atomic E-state index is -0.168. The van der Waals surface area contributed by atoms with Crippen LogP contribution in [-0.2, 0) is 18.3 Å². The van der Waals surface area contributed by atoms with Crippen molar-refractivity contribution < 1.29 is 9.59 Å². The highest BCUT2D eigenvalue weighted by atomic mass is 16.1. The lowest BCUT2D eigenvalue weighted by molar-refractivity contribution is -0.115. The fourth-order valence-electron chi connectivity index (χ4n) is 2.77. The van der Waals surface area contributed by atoms with Crippen molar-refractivity contribution in [1.82, 2.24) is 9.55 Å². The second-order valence-corrected chi connectivity index (χ2v) is 6.41. The standard InChI is InChI=1S/C21H21N3O2/c1-14-4-6-16(7-5-14)21(26)18-9-8-17(24(18)3)13-20(25)23-19-12-15(2)10-11-22-19/h4-12H,13H2,1-3H3,(H,22,23,25). The van der Waals surface area contributed by atoms with Crippen molar-refractivity contribution in [2.24, 2.45) is 7.05 Å². The number of anilines is 1. The van der Waals surface area contributed by atoms with Crippen molar-refractivity contribution in [3.05, 3.63) is 82.8 Å². The molecule has 1 aromatic carbocycles. The third-order valence-electron chi connectivity index (χ3n) is 4.30. The Kier molecular flexibility index (Phi) is 4.98. The van der Waals surface area contributed by atoms with Gasteiger partial charge in [-0.15, -0.1) is 0 Å². The summed E-state index contributed by atoms with van der Waals surface area (Å²) < 4.78 is 1.77. The normalized spacial score (nSPS) is 10.6. The molecular formula is C21H21N3O2. The maximum atomic E-state index is 12.7. The summed E-state index contributed by atoms with van der Waals surface area (Å²) in [5.41, 5.74) is 4.10. The first-order valence-electron chi connectivity index (χ1n) is 8.42. The molecule has 132 valence electrons. The van der Waals surface area contributed by atoms with Gasteiger partial charge in [-0.05, 0) is 43.7 Å². The first-order chi connectivity index (χ1) is 12.4. The Labute approximate surface area is 152 Å². The van der Waals surface area contributed by atoms with E-state index in [0.717, 1.165) is 16.8 Å². The van der Waals surface area contributed by atoms with Crippen molar-refractivity contribution in [2.75, 3.05) is 5.32 Å². The van der Waals surface area contributed by atoms with E-state index >= 15 is 0 Å². The molecule has 0 atom stereocenters. The number of nitrogens with one attached hydrogen (secondary N) is 1. The number of carbonyl (C=O) groups is 2. The van der Waals surface area contributed by atoms with Crippen molar-refractivity contribution in [2.45, 2.75) is 20.3 Å². The third-order valence-corrected chi connectivity index (χ3v) is 4.30. The van der Waals surface area contributed by atoms with Crippen molar-refractivity contribution >= 4 is 17.5 Å². The lowest BCUT2D eigenvalue weighted by Gasteiger charge is -2.08. The molecule has 0 bridgehead atoms. The van der Waals surface area contributed by atoms with E-state index in [1.165, 1.54) is 0 Å². The van der Waals surface area contributed by atoms with E-state index in [9.17, 15) is 9.59 Å².